The Hall–Kier alpha value is -1.77. The van der Waals surface area contributed by atoms with Crippen LogP contribution in [0.2, 0.25) is 0 Å². The van der Waals surface area contributed by atoms with E-state index in [1.54, 1.807) is 7.11 Å². The van der Waals surface area contributed by atoms with Gasteiger partial charge in [-0.25, -0.2) is 0 Å². The van der Waals surface area contributed by atoms with Crippen LogP contribution in [0.25, 0.3) is 5.57 Å². The summed E-state index contributed by atoms with van der Waals surface area (Å²) in [4.78, 5) is 0. The van der Waals surface area contributed by atoms with Gasteiger partial charge >= 0.3 is 0 Å². The summed E-state index contributed by atoms with van der Waals surface area (Å²) in [7, 11) is 1.67. The molecule has 0 amide bonds. The number of hydrogen-bond acceptors (Lipinski definition) is 2. The number of methoxy groups -OCH3 is 1. The molecule has 20 heavy (non-hydrogen) atoms. The molecule has 0 aliphatic heterocycles. The molecule has 2 N–H and O–H groups in total. The van der Waals surface area contributed by atoms with Crippen molar-refractivity contribution in [3.05, 3.63) is 72.3 Å². The highest BCUT2D eigenvalue weighted by Crippen LogP contribution is 2.30. The molecule has 2 nitrogen and oxygen atoms in total. The molecule has 2 aromatic carbocycles. The predicted molar refractivity (Wildman–Crippen MR) is 87.3 cm³/mol. The third-order valence-electron chi connectivity index (χ3n) is 3.18. The summed E-state index contributed by atoms with van der Waals surface area (Å²) in [6, 6.07) is 17.9. The highest BCUT2D eigenvalue weighted by atomic mass is 35.5. The molecule has 0 aromatic heterocycles. The molecule has 0 spiro atoms. The van der Waals surface area contributed by atoms with E-state index in [9.17, 15) is 0 Å². The van der Waals surface area contributed by atoms with Crippen LogP contribution in [0.4, 0.5) is 0 Å². The quantitative estimate of drug-likeness (QED) is 0.894. The zero-order valence-electron chi connectivity index (χ0n) is 11.6. The predicted octanol–water partition coefficient (Wildman–Crippen LogP) is 4.22. The lowest BCUT2D eigenvalue weighted by atomic mass is 9.95. The first kappa shape index (κ1) is 16.3. The van der Waals surface area contributed by atoms with Crippen molar-refractivity contribution in [3.8, 4) is 5.75 Å². The lowest BCUT2D eigenvalue weighted by Gasteiger charge is -2.16. The molecule has 0 saturated heterocycles. The van der Waals surface area contributed by atoms with Crippen LogP contribution in [0, 0.1) is 0 Å². The third-order valence-corrected chi connectivity index (χ3v) is 3.18. The van der Waals surface area contributed by atoms with E-state index in [2.05, 4.69) is 6.58 Å². The molecular formula is C17H20ClNO. The second-order valence-corrected chi connectivity index (χ2v) is 4.53. The molecule has 1 atom stereocenters. The van der Waals surface area contributed by atoms with Gasteiger partial charge in [-0.05, 0) is 23.6 Å². The van der Waals surface area contributed by atoms with Crippen LogP contribution in [0.3, 0.4) is 0 Å². The van der Waals surface area contributed by atoms with E-state index in [-0.39, 0.29) is 18.4 Å². The maximum atomic E-state index is 6.22. The molecule has 0 aliphatic rings. The molecule has 2 aromatic rings. The zero-order chi connectivity index (χ0) is 13.7. The van der Waals surface area contributed by atoms with Crippen LogP contribution in [-0.4, -0.2) is 7.11 Å². The number of halogens is 1. The van der Waals surface area contributed by atoms with Gasteiger partial charge in [-0.2, -0.15) is 0 Å². The van der Waals surface area contributed by atoms with Gasteiger partial charge in [0.15, 0.2) is 0 Å². The lowest BCUT2D eigenvalue weighted by molar-refractivity contribution is 0.413. The highest BCUT2D eigenvalue weighted by Gasteiger charge is 2.11. The summed E-state index contributed by atoms with van der Waals surface area (Å²) < 4.78 is 5.35. The van der Waals surface area contributed by atoms with Gasteiger partial charge in [-0.1, -0.05) is 55.1 Å². The smallest absolute Gasteiger partial charge is 0.126 e. The fourth-order valence-electron chi connectivity index (χ4n) is 2.13. The molecule has 0 radical (unpaired) electrons. The Balaban J connectivity index is 0.00000200. The van der Waals surface area contributed by atoms with E-state index in [1.165, 1.54) is 0 Å². The largest absolute Gasteiger partial charge is 0.496 e. The van der Waals surface area contributed by atoms with Crippen LogP contribution in [-0.2, 0) is 0 Å². The van der Waals surface area contributed by atoms with Crippen molar-refractivity contribution in [2.45, 2.75) is 12.5 Å². The summed E-state index contributed by atoms with van der Waals surface area (Å²) >= 11 is 0. The van der Waals surface area contributed by atoms with Gasteiger partial charge in [0.1, 0.15) is 5.75 Å². The third kappa shape index (κ3) is 3.86. The Morgan fingerprint density at radius 1 is 1.10 bits per heavy atom. The first-order chi connectivity index (χ1) is 9.22. The number of nitrogens with two attached hydrogens (primary N) is 1. The molecule has 1 unspecified atom stereocenters. The normalized spacial score (nSPS) is 11.3. The molecule has 0 heterocycles. The van der Waals surface area contributed by atoms with E-state index in [0.29, 0.717) is 6.42 Å². The van der Waals surface area contributed by atoms with Crippen molar-refractivity contribution in [3.63, 3.8) is 0 Å². The van der Waals surface area contributed by atoms with Gasteiger partial charge in [0.25, 0.3) is 0 Å². The first-order valence-electron chi connectivity index (χ1n) is 6.34. The van der Waals surface area contributed by atoms with Crippen molar-refractivity contribution in [2.24, 2.45) is 5.73 Å². The average Bonchev–Trinajstić information content (AvgIpc) is 2.48. The Morgan fingerprint density at radius 2 is 1.70 bits per heavy atom. The first-order valence-corrected chi connectivity index (χ1v) is 6.34. The summed E-state index contributed by atoms with van der Waals surface area (Å²) in [5.74, 6) is 0.841. The zero-order valence-corrected chi connectivity index (χ0v) is 12.4. The van der Waals surface area contributed by atoms with Crippen molar-refractivity contribution < 1.29 is 4.74 Å². The van der Waals surface area contributed by atoms with E-state index >= 15 is 0 Å². The monoisotopic (exact) mass is 289 g/mol. The second kappa shape index (κ2) is 7.73. The number of rotatable bonds is 5. The molecule has 0 fully saturated rings. The minimum Gasteiger partial charge on any atom is -0.496 e. The summed E-state index contributed by atoms with van der Waals surface area (Å²) in [6.07, 6.45) is 0.713. The minimum atomic E-state index is -0.0430. The minimum absolute atomic E-state index is 0. The molecule has 106 valence electrons. The molecule has 2 rings (SSSR count). The Labute approximate surface area is 126 Å². The van der Waals surface area contributed by atoms with E-state index < -0.39 is 0 Å². The van der Waals surface area contributed by atoms with Gasteiger partial charge in [-0.3, -0.25) is 0 Å². The van der Waals surface area contributed by atoms with Crippen LogP contribution in [0.1, 0.15) is 23.6 Å². The molecule has 0 aliphatic carbocycles. The second-order valence-electron chi connectivity index (χ2n) is 4.53. The van der Waals surface area contributed by atoms with Crippen molar-refractivity contribution in [1.29, 1.82) is 0 Å². The van der Waals surface area contributed by atoms with Gasteiger partial charge in [0.05, 0.1) is 7.11 Å². The highest BCUT2D eigenvalue weighted by molar-refractivity contribution is 5.85. The van der Waals surface area contributed by atoms with Crippen molar-refractivity contribution >= 4 is 18.0 Å². The van der Waals surface area contributed by atoms with E-state index in [1.807, 2.05) is 54.6 Å². The maximum Gasteiger partial charge on any atom is 0.126 e. The number of para-hydroxylation sites is 1. The summed E-state index contributed by atoms with van der Waals surface area (Å²) in [5, 5.41) is 0. The fourth-order valence-corrected chi connectivity index (χ4v) is 2.13. The Bertz CT molecular complexity index is 554. The Morgan fingerprint density at radius 3 is 2.35 bits per heavy atom. The number of benzene rings is 2. The van der Waals surface area contributed by atoms with E-state index in [0.717, 1.165) is 22.4 Å². The molecule has 3 heteroatoms. The van der Waals surface area contributed by atoms with Crippen LogP contribution in [0.5, 0.6) is 5.75 Å². The van der Waals surface area contributed by atoms with E-state index in [4.69, 9.17) is 10.5 Å². The van der Waals surface area contributed by atoms with Gasteiger partial charge in [-0.15, -0.1) is 12.4 Å². The average molecular weight is 290 g/mol. The van der Waals surface area contributed by atoms with Crippen LogP contribution in [0.15, 0.2) is 61.2 Å². The van der Waals surface area contributed by atoms with Gasteiger partial charge in [0.2, 0.25) is 0 Å². The van der Waals surface area contributed by atoms with Crippen LogP contribution < -0.4 is 10.5 Å². The Kier molecular flexibility index (Phi) is 6.29. The number of hydrogen-bond donors (Lipinski definition) is 1. The topological polar surface area (TPSA) is 35.2 Å². The standard InChI is InChI=1S/C17H19NO.ClH/c1-13(15-10-6-7-11-17(15)19-2)12-16(18)14-8-4-3-5-9-14;/h3-11,16H,1,12,18H2,2H3;1H. The van der Waals surface area contributed by atoms with Crippen LogP contribution >= 0.6 is 12.4 Å². The maximum absolute atomic E-state index is 6.22. The SMILES string of the molecule is C=C(CC(N)c1ccccc1)c1ccccc1OC.Cl. The fraction of sp³-hybridized carbons (Fsp3) is 0.176. The molecule has 0 saturated carbocycles. The molecule has 0 bridgehead atoms. The summed E-state index contributed by atoms with van der Waals surface area (Å²) in [6.45, 7) is 4.14. The number of ether oxygens (including phenoxy) is 1. The van der Waals surface area contributed by atoms with Crippen molar-refractivity contribution in [2.75, 3.05) is 7.11 Å². The lowest BCUT2D eigenvalue weighted by Crippen LogP contribution is -2.10. The molecular weight excluding hydrogens is 270 g/mol. The van der Waals surface area contributed by atoms with Gasteiger partial charge < -0.3 is 10.5 Å². The summed E-state index contributed by atoms with van der Waals surface area (Å²) in [5.41, 5.74) is 9.37. The van der Waals surface area contributed by atoms with Crippen molar-refractivity contribution in [1.82, 2.24) is 0 Å². The van der Waals surface area contributed by atoms with Gasteiger partial charge in [0, 0.05) is 11.6 Å².